The second kappa shape index (κ2) is 6.44. The molecule has 5 nitrogen and oxygen atoms in total. The van der Waals surface area contributed by atoms with Crippen molar-refractivity contribution >= 4 is 47.6 Å². The van der Waals surface area contributed by atoms with Gasteiger partial charge in [0.05, 0.1) is 16.0 Å². The van der Waals surface area contributed by atoms with Crippen molar-refractivity contribution in [2.45, 2.75) is 12.5 Å². The molecule has 0 aromatic heterocycles. The van der Waals surface area contributed by atoms with Crippen molar-refractivity contribution in [3.8, 4) is 5.75 Å². The smallest absolute Gasteiger partial charge is 0.258 e. The van der Waals surface area contributed by atoms with Crippen LogP contribution in [0.4, 0.5) is 0 Å². The summed E-state index contributed by atoms with van der Waals surface area (Å²) in [5.41, 5.74) is 0. The molecule has 0 bridgehead atoms. The first-order chi connectivity index (χ1) is 9.35. The van der Waals surface area contributed by atoms with Crippen LogP contribution in [0.3, 0.4) is 0 Å². The minimum absolute atomic E-state index is 0.0146. The number of hydrogen-bond donors (Lipinski definition) is 1. The third kappa shape index (κ3) is 4.46. The van der Waals surface area contributed by atoms with E-state index in [2.05, 4.69) is 37.2 Å². The van der Waals surface area contributed by atoms with Gasteiger partial charge in [-0.05, 0) is 40.5 Å². The lowest BCUT2D eigenvalue weighted by molar-refractivity contribution is -0.123. The number of halogens is 2. The summed E-state index contributed by atoms with van der Waals surface area (Å²) in [6.45, 7) is -0.142. The standard InChI is InChI=1S/C12H13Br2NO4S/c13-8-1-2-11(10(14)5-8)19-6-12(16)15-9-3-4-20(17,18)7-9/h1-2,5,9H,3-4,6-7H2,(H,15,16)/t9-/m1/s1. The van der Waals surface area contributed by atoms with Crippen molar-refractivity contribution in [1.82, 2.24) is 5.32 Å². The summed E-state index contributed by atoms with van der Waals surface area (Å²) < 4.78 is 29.6. The van der Waals surface area contributed by atoms with Gasteiger partial charge < -0.3 is 10.1 Å². The molecule has 1 amide bonds. The molecule has 110 valence electrons. The molecular formula is C12H13Br2NO4S. The topological polar surface area (TPSA) is 72.5 Å². The van der Waals surface area contributed by atoms with Crippen molar-refractivity contribution in [1.29, 1.82) is 0 Å². The van der Waals surface area contributed by atoms with Gasteiger partial charge in [0, 0.05) is 10.5 Å². The number of ether oxygens (including phenoxy) is 1. The molecule has 1 aliphatic rings. The summed E-state index contributed by atoms with van der Waals surface area (Å²) in [6.07, 6.45) is 0.468. The number of rotatable bonds is 4. The van der Waals surface area contributed by atoms with E-state index in [1.165, 1.54) is 0 Å². The quantitative estimate of drug-likeness (QED) is 0.797. The van der Waals surface area contributed by atoms with Gasteiger partial charge in [-0.1, -0.05) is 15.9 Å². The third-order valence-corrected chi connectivity index (χ3v) is 5.73. The average molecular weight is 427 g/mol. The van der Waals surface area contributed by atoms with Gasteiger partial charge in [0.2, 0.25) is 0 Å². The van der Waals surface area contributed by atoms with Crippen LogP contribution in [0.1, 0.15) is 6.42 Å². The molecule has 1 saturated heterocycles. The minimum Gasteiger partial charge on any atom is -0.483 e. The van der Waals surface area contributed by atoms with E-state index in [-0.39, 0.29) is 30.1 Å². The highest BCUT2D eigenvalue weighted by atomic mass is 79.9. The van der Waals surface area contributed by atoms with Crippen LogP contribution >= 0.6 is 31.9 Å². The fourth-order valence-electron chi connectivity index (χ4n) is 1.91. The summed E-state index contributed by atoms with van der Waals surface area (Å²) >= 11 is 6.66. The first-order valence-electron chi connectivity index (χ1n) is 5.93. The minimum atomic E-state index is -2.99. The van der Waals surface area contributed by atoms with Crippen LogP contribution < -0.4 is 10.1 Å². The van der Waals surface area contributed by atoms with Crippen LogP contribution in [0, 0.1) is 0 Å². The van der Waals surface area contributed by atoms with Crippen LogP contribution in [0.5, 0.6) is 5.75 Å². The maximum atomic E-state index is 11.7. The number of carbonyl (C=O) groups excluding carboxylic acids is 1. The molecule has 2 rings (SSSR count). The van der Waals surface area contributed by atoms with E-state index in [9.17, 15) is 13.2 Å². The predicted molar refractivity (Wildman–Crippen MR) is 82.5 cm³/mol. The Morgan fingerprint density at radius 2 is 2.15 bits per heavy atom. The molecule has 0 aliphatic carbocycles. The molecule has 0 spiro atoms. The van der Waals surface area contributed by atoms with E-state index in [0.29, 0.717) is 12.2 Å². The summed E-state index contributed by atoms with van der Waals surface area (Å²) in [7, 11) is -2.99. The molecule has 1 fully saturated rings. The fourth-order valence-corrected chi connectivity index (χ4v) is 4.75. The third-order valence-electron chi connectivity index (χ3n) is 2.85. The average Bonchev–Trinajstić information content (AvgIpc) is 2.67. The van der Waals surface area contributed by atoms with Crippen molar-refractivity contribution in [2.24, 2.45) is 0 Å². The first-order valence-corrected chi connectivity index (χ1v) is 9.34. The molecule has 1 aliphatic heterocycles. The van der Waals surface area contributed by atoms with Gasteiger partial charge in [0.15, 0.2) is 16.4 Å². The highest BCUT2D eigenvalue weighted by molar-refractivity contribution is 9.11. The van der Waals surface area contributed by atoms with Gasteiger partial charge in [0.1, 0.15) is 5.75 Å². The van der Waals surface area contributed by atoms with E-state index in [1.54, 1.807) is 6.07 Å². The SMILES string of the molecule is O=C(COc1ccc(Br)cc1Br)N[C@@H]1CCS(=O)(=O)C1. The molecule has 8 heteroatoms. The van der Waals surface area contributed by atoms with Crippen LogP contribution in [-0.2, 0) is 14.6 Å². The van der Waals surface area contributed by atoms with Crippen LogP contribution in [0.25, 0.3) is 0 Å². The number of sulfone groups is 1. The van der Waals surface area contributed by atoms with E-state index in [1.807, 2.05) is 12.1 Å². The second-order valence-electron chi connectivity index (χ2n) is 4.53. The normalized spacial score (nSPS) is 20.6. The lowest BCUT2D eigenvalue weighted by Crippen LogP contribution is -2.38. The lowest BCUT2D eigenvalue weighted by atomic mass is 10.2. The maximum absolute atomic E-state index is 11.7. The number of amides is 1. The molecule has 0 saturated carbocycles. The largest absolute Gasteiger partial charge is 0.483 e. The molecule has 0 radical (unpaired) electrons. The highest BCUT2D eigenvalue weighted by Gasteiger charge is 2.28. The number of hydrogen-bond acceptors (Lipinski definition) is 4. The zero-order valence-corrected chi connectivity index (χ0v) is 14.4. The van der Waals surface area contributed by atoms with Crippen LogP contribution in [0.2, 0.25) is 0 Å². The Bertz CT molecular complexity index is 618. The molecule has 1 N–H and O–H groups in total. The fraction of sp³-hybridized carbons (Fsp3) is 0.417. The Kier molecular flexibility index (Phi) is 5.09. The highest BCUT2D eigenvalue weighted by Crippen LogP contribution is 2.28. The second-order valence-corrected chi connectivity index (χ2v) is 8.53. The Hall–Kier alpha value is -0.600. The van der Waals surface area contributed by atoms with Gasteiger partial charge in [-0.3, -0.25) is 4.79 Å². The number of benzene rings is 1. The lowest BCUT2D eigenvalue weighted by Gasteiger charge is -2.12. The summed E-state index contributed by atoms with van der Waals surface area (Å²) in [5.74, 6) is 0.391. The molecule has 1 atom stereocenters. The van der Waals surface area contributed by atoms with Gasteiger partial charge in [-0.2, -0.15) is 0 Å². The Balaban J connectivity index is 1.84. The Morgan fingerprint density at radius 3 is 2.75 bits per heavy atom. The van der Waals surface area contributed by atoms with E-state index >= 15 is 0 Å². The van der Waals surface area contributed by atoms with E-state index in [4.69, 9.17) is 4.74 Å². The first kappa shape index (κ1) is 15.8. The molecule has 0 unspecified atom stereocenters. The van der Waals surface area contributed by atoms with Crippen LogP contribution in [0.15, 0.2) is 27.1 Å². The van der Waals surface area contributed by atoms with Gasteiger partial charge in [0.25, 0.3) is 5.91 Å². The van der Waals surface area contributed by atoms with Crippen molar-refractivity contribution in [2.75, 3.05) is 18.1 Å². The van der Waals surface area contributed by atoms with Gasteiger partial charge in [-0.25, -0.2) is 8.42 Å². The maximum Gasteiger partial charge on any atom is 0.258 e. The molecule has 20 heavy (non-hydrogen) atoms. The van der Waals surface area contributed by atoms with Crippen molar-refractivity contribution in [3.63, 3.8) is 0 Å². The summed E-state index contributed by atoms with van der Waals surface area (Å²) in [6, 6.07) is 5.06. The van der Waals surface area contributed by atoms with E-state index < -0.39 is 9.84 Å². The zero-order valence-electron chi connectivity index (χ0n) is 10.4. The van der Waals surface area contributed by atoms with E-state index in [0.717, 1.165) is 8.95 Å². The Morgan fingerprint density at radius 1 is 1.40 bits per heavy atom. The van der Waals surface area contributed by atoms with Gasteiger partial charge >= 0.3 is 0 Å². The van der Waals surface area contributed by atoms with Gasteiger partial charge in [-0.15, -0.1) is 0 Å². The monoisotopic (exact) mass is 425 g/mol. The number of nitrogens with one attached hydrogen (secondary N) is 1. The van der Waals surface area contributed by atoms with Crippen molar-refractivity contribution < 1.29 is 17.9 Å². The van der Waals surface area contributed by atoms with Crippen LogP contribution in [-0.4, -0.2) is 38.5 Å². The number of carbonyl (C=O) groups is 1. The molecule has 1 heterocycles. The summed E-state index contributed by atoms with van der Waals surface area (Å²) in [5, 5.41) is 2.67. The zero-order chi connectivity index (χ0) is 14.8. The predicted octanol–water partition coefficient (Wildman–Crippen LogP) is 1.89. The molecule has 1 aromatic rings. The van der Waals surface area contributed by atoms with Crippen molar-refractivity contribution in [3.05, 3.63) is 27.1 Å². The molecule has 1 aromatic carbocycles. The summed E-state index contributed by atoms with van der Waals surface area (Å²) in [4.78, 5) is 11.7. The molecular weight excluding hydrogens is 414 g/mol. The Labute approximate surface area is 134 Å².